The maximum Gasteiger partial charge on any atom is 0.320 e. The third-order valence-electron chi connectivity index (χ3n) is 5.10. The summed E-state index contributed by atoms with van der Waals surface area (Å²) in [7, 11) is 0. The number of piperidine rings is 1. The number of nitrogens with zero attached hydrogens (tertiary/aromatic N) is 3. The van der Waals surface area contributed by atoms with E-state index >= 15 is 0 Å². The standard InChI is InChI=1S/C20H25ClN6O2/c21-16-10-14(3-4-18(16)27-6-8-29-9-7-27)17-12-23-13-19(25-17)26-20(28)24-15-2-1-5-22-11-15/h3-4,10,12-13,15,22H,1-2,5-9,11H2,(H2,24,25,26,28). The number of nitrogens with one attached hydrogen (secondary N) is 3. The van der Waals surface area contributed by atoms with Gasteiger partial charge in [-0.05, 0) is 31.5 Å². The Morgan fingerprint density at radius 3 is 2.90 bits per heavy atom. The van der Waals surface area contributed by atoms with Crippen LogP contribution in [-0.4, -0.2) is 61.4 Å². The summed E-state index contributed by atoms with van der Waals surface area (Å²) in [6.07, 6.45) is 5.22. The van der Waals surface area contributed by atoms with Gasteiger partial charge in [-0.1, -0.05) is 17.7 Å². The van der Waals surface area contributed by atoms with Crippen LogP contribution in [0.15, 0.2) is 30.6 Å². The molecule has 2 aliphatic rings. The van der Waals surface area contributed by atoms with Crippen molar-refractivity contribution in [2.24, 2.45) is 0 Å². The fourth-order valence-corrected chi connectivity index (χ4v) is 3.91. The number of ether oxygens (including phenoxy) is 1. The molecule has 0 spiro atoms. The van der Waals surface area contributed by atoms with Crippen LogP contribution in [0.4, 0.5) is 16.3 Å². The predicted octanol–water partition coefficient (Wildman–Crippen LogP) is 2.51. The lowest BCUT2D eigenvalue weighted by Crippen LogP contribution is -2.47. The predicted molar refractivity (Wildman–Crippen MR) is 114 cm³/mol. The van der Waals surface area contributed by atoms with Crippen molar-refractivity contribution in [3.63, 3.8) is 0 Å². The van der Waals surface area contributed by atoms with E-state index in [1.807, 2.05) is 18.2 Å². The Morgan fingerprint density at radius 1 is 1.28 bits per heavy atom. The zero-order valence-corrected chi connectivity index (χ0v) is 16.9. The molecule has 2 aromatic rings. The first-order valence-corrected chi connectivity index (χ1v) is 10.3. The second kappa shape index (κ2) is 9.39. The highest BCUT2D eigenvalue weighted by atomic mass is 35.5. The van der Waals surface area contributed by atoms with Crippen molar-refractivity contribution in [1.82, 2.24) is 20.6 Å². The number of halogens is 1. The minimum atomic E-state index is -0.272. The highest BCUT2D eigenvalue weighted by molar-refractivity contribution is 6.33. The number of rotatable bonds is 4. The zero-order chi connectivity index (χ0) is 20.1. The second-order valence-electron chi connectivity index (χ2n) is 7.20. The van der Waals surface area contributed by atoms with E-state index < -0.39 is 0 Å². The average molecular weight is 417 g/mol. The lowest BCUT2D eigenvalue weighted by atomic mass is 10.1. The summed E-state index contributed by atoms with van der Waals surface area (Å²) in [5.74, 6) is 0.400. The molecule has 0 aliphatic carbocycles. The zero-order valence-electron chi connectivity index (χ0n) is 16.2. The molecule has 1 atom stereocenters. The van der Waals surface area contributed by atoms with Gasteiger partial charge in [0.2, 0.25) is 0 Å². The Balaban J connectivity index is 1.43. The number of anilines is 2. The smallest absolute Gasteiger partial charge is 0.320 e. The number of hydrogen-bond acceptors (Lipinski definition) is 6. The average Bonchev–Trinajstić information content (AvgIpc) is 2.75. The van der Waals surface area contributed by atoms with Gasteiger partial charge in [-0.2, -0.15) is 0 Å². The number of hydrogen-bond donors (Lipinski definition) is 3. The van der Waals surface area contributed by atoms with E-state index in [1.165, 1.54) is 6.20 Å². The molecule has 29 heavy (non-hydrogen) atoms. The van der Waals surface area contributed by atoms with Gasteiger partial charge in [-0.15, -0.1) is 0 Å². The molecule has 0 bridgehead atoms. The van der Waals surface area contributed by atoms with Gasteiger partial charge in [0, 0.05) is 31.2 Å². The summed E-state index contributed by atoms with van der Waals surface area (Å²) < 4.78 is 5.40. The molecule has 2 saturated heterocycles. The number of benzene rings is 1. The summed E-state index contributed by atoms with van der Waals surface area (Å²) >= 11 is 6.53. The number of morpholine rings is 1. The first-order valence-electron chi connectivity index (χ1n) is 9.92. The van der Waals surface area contributed by atoms with Gasteiger partial charge in [-0.25, -0.2) is 9.78 Å². The van der Waals surface area contributed by atoms with E-state index in [4.69, 9.17) is 16.3 Å². The fraction of sp³-hybridized carbons (Fsp3) is 0.450. The van der Waals surface area contributed by atoms with Gasteiger partial charge in [0.05, 0.1) is 42.0 Å². The van der Waals surface area contributed by atoms with Crippen LogP contribution >= 0.6 is 11.6 Å². The van der Waals surface area contributed by atoms with Crippen LogP contribution < -0.4 is 20.9 Å². The minimum Gasteiger partial charge on any atom is -0.378 e. The van der Waals surface area contributed by atoms with Crippen molar-refractivity contribution in [3.05, 3.63) is 35.6 Å². The fourth-order valence-electron chi connectivity index (χ4n) is 3.61. The topological polar surface area (TPSA) is 91.4 Å². The molecule has 0 saturated carbocycles. The van der Waals surface area contributed by atoms with Crippen LogP contribution in [0.2, 0.25) is 5.02 Å². The summed E-state index contributed by atoms with van der Waals surface area (Å²) in [6.45, 7) is 4.84. The number of carbonyl (C=O) groups is 1. The van der Waals surface area contributed by atoms with Crippen molar-refractivity contribution in [3.8, 4) is 11.3 Å². The van der Waals surface area contributed by atoms with Gasteiger partial charge < -0.3 is 20.3 Å². The number of urea groups is 1. The Morgan fingerprint density at radius 2 is 2.14 bits per heavy atom. The minimum absolute atomic E-state index is 0.131. The highest BCUT2D eigenvalue weighted by Gasteiger charge is 2.17. The van der Waals surface area contributed by atoms with E-state index in [0.29, 0.717) is 29.7 Å². The molecule has 2 fully saturated rings. The highest BCUT2D eigenvalue weighted by Crippen LogP contribution is 2.31. The lowest BCUT2D eigenvalue weighted by molar-refractivity contribution is 0.122. The van der Waals surface area contributed by atoms with Crippen LogP contribution in [0.3, 0.4) is 0 Å². The van der Waals surface area contributed by atoms with Gasteiger partial charge >= 0.3 is 6.03 Å². The van der Waals surface area contributed by atoms with Crippen molar-refractivity contribution in [1.29, 1.82) is 0 Å². The second-order valence-corrected chi connectivity index (χ2v) is 7.60. The van der Waals surface area contributed by atoms with E-state index in [2.05, 4.69) is 30.8 Å². The van der Waals surface area contributed by atoms with E-state index in [1.54, 1.807) is 6.20 Å². The molecule has 3 heterocycles. The van der Waals surface area contributed by atoms with Gasteiger partial charge in [0.15, 0.2) is 5.82 Å². The molecule has 0 radical (unpaired) electrons. The molecule has 3 N–H and O–H groups in total. The monoisotopic (exact) mass is 416 g/mol. The van der Waals surface area contributed by atoms with Crippen LogP contribution in [0.5, 0.6) is 0 Å². The molecule has 2 amide bonds. The number of carbonyl (C=O) groups excluding carboxylic acids is 1. The number of aromatic nitrogens is 2. The molecule has 9 heteroatoms. The van der Waals surface area contributed by atoms with Crippen molar-refractivity contribution < 1.29 is 9.53 Å². The summed E-state index contributed by atoms with van der Waals surface area (Å²) in [4.78, 5) is 23.2. The van der Waals surface area contributed by atoms with Gasteiger partial charge in [0.25, 0.3) is 0 Å². The molecule has 8 nitrogen and oxygen atoms in total. The molecule has 2 aliphatic heterocycles. The molecule has 1 aromatic heterocycles. The Kier molecular flexibility index (Phi) is 6.43. The van der Waals surface area contributed by atoms with Crippen LogP contribution in [0.25, 0.3) is 11.3 Å². The van der Waals surface area contributed by atoms with E-state index in [0.717, 1.165) is 50.3 Å². The Bertz CT molecular complexity index is 853. The van der Waals surface area contributed by atoms with Crippen molar-refractivity contribution in [2.75, 3.05) is 49.6 Å². The molecular weight excluding hydrogens is 392 g/mol. The Labute approximate surface area is 175 Å². The van der Waals surface area contributed by atoms with E-state index in [9.17, 15) is 4.79 Å². The normalized spacial score (nSPS) is 19.6. The quantitative estimate of drug-likeness (QED) is 0.709. The van der Waals surface area contributed by atoms with Crippen LogP contribution in [0, 0.1) is 0 Å². The summed E-state index contributed by atoms with van der Waals surface area (Å²) in [5, 5.41) is 9.67. The molecular formula is C20H25ClN6O2. The first kappa shape index (κ1) is 19.9. The molecule has 4 rings (SSSR count). The van der Waals surface area contributed by atoms with Crippen molar-refractivity contribution >= 4 is 29.1 Å². The molecule has 1 aromatic carbocycles. The SMILES string of the molecule is O=C(Nc1cncc(-c2ccc(N3CCOCC3)c(Cl)c2)n1)NC1CCCNC1. The maximum absolute atomic E-state index is 12.2. The summed E-state index contributed by atoms with van der Waals surface area (Å²) in [6, 6.07) is 5.71. The Hall–Kier alpha value is -2.42. The van der Waals surface area contributed by atoms with E-state index in [-0.39, 0.29) is 12.1 Å². The summed E-state index contributed by atoms with van der Waals surface area (Å²) in [5.41, 5.74) is 2.49. The van der Waals surface area contributed by atoms with Gasteiger partial charge in [0.1, 0.15) is 0 Å². The molecule has 1 unspecified atom stereocenters. The maximum atomic E-state index is 12.2. The third-order valence-corrected chi connectivity index (χ3v) is 5.41. The van der Waals surface area contributed by atoms with Gasteiger partial charge in [-0.3, -0.25) is 10.3 Å². The van der Waals surface area contributed by atoms with Crippen LogP contribution in [0.1, 0.15) is 12.8 Å². The first-order chi connectivity index (χ1) is 14.2. The number of amides is 2. The third kappa shape index (κ3) is 5.14. The lowest BCUT2D eigenvalue weighted by Gasteiger charge is -2.29. The van der Waals surface area contributed by atoms with Crippen molar-refractivity contribution in [2.45, 2.75) is 18.9 Å². The molecule has 154 valence electrons. The largest absolute Gasteiger partial charge is 0.378 e. The van der Waals surface area contributed by atoms with Crippen LogP contribution in [-0.2, 0) is 4.74 Å².